The summed E-state index contributed by atoms with van der Waals surface area (Å²) in [6, 6.07) is 10.5. The van der Waals surface area contributed by atoms with Crippen molar-refractivity contribution in [1.82, 2.24) is 0 Å². The molecule has 2 aromatic rings. The zero-order valence-electron chi connectivity index (χ0n) is 12.5. The Bertz CT molecular complexity index is 716. The molecule has 1 aromatic carbocycles. The van der Waals surface area contributed by atoms with Crippen molar-refractivity contribution < 1.29 is 17.9 Å². The summed E-state index contributed by atoms with van der Waals surface area (Å²) in [5, 5.41) is 1.40. The molecule has 0 radical (unpaired) electrons. The minimum absolute atomic E-state index is 0.0869. The summed E-state index contributed by atoms with van der Waals surface area (Å²) in [4.78, 5) is 12.2. The lowest BCUT2D eigenvalue weighted by Crippen LogP contribution is -2.15. The first-order valence-corrected chi connectivity index (χ1v) is 9.46. The number of carbonyl (C=O) groups excluding carboxylic acids is 1. The maximum Gasteiger partial charge on any atom is 0.337 e. The van der Waals surface area contributed by atoms with Crippen LogP contribution in [0.1, 0.15) is 33.0 Å². The fourth-order valence-electron chi connectivity index (χ4n) is 2.06. The molecule has 0 amide bonds. The van der Waals surface area contributed by atoms with E-state index in [0.29, 0.717) is 12.0 Å². The minimum Gasteiger partial charge on any atom is -0.465 e. The minimum atomic E-state index is -3.19. The zero-order valence-corrected chi connectivity index (χ0v) is 14.1. The zero-order chi connectivity index (χ0) is 16.2. The van der Waals surface area contributed by atoms with E-state index in [1.165, 1.54) is 18.4 Å². The Morgan fingerprint density at radius 3 is 2.45 bits per heavy atom. The molecule has 0 saturated carbocycles. The summed E-state index contributed by atoms with van der Waals surface area (Å²) in [6.07, 6.45) is 0.430. The molecule has 1 atom stereocenters. The van der Waals surface area contributed by atoms with Gasteiger partial charge in [0.15, 0.2) is 9.84 Å². The van der Waals surface area contributed by atoms with Crippen molar-refractivity contribution in [3.05, 3.63) is 57.8 Å². The second kappa shape index (κ2) is 7.07. The van der Waals surface area contributed by atoms with Crippen LogP contribution in [0.3, 0.4) is 0 Å². The average Bonchev–Trinajstić information content (AvgIpc) is 3.06. The molecule has 0 saturated heterocycles. The summed E-state index contributed by atoms with van der Waals surface area (Å²) in [7, 11) is -1.87. The smallest absolute Gasteiger partial charge is 0.337 e. The molecule has 0 aliphatic heterocycles. The van der Waals surface area contributed by atoms with E-state index in [9.17, 15) is 13.2 Å². The maximum absolute atomic E-state index is 12.4. The molecule has 0 spiro atoms. The SMILES string of the molecule is COC(=O)c1ccc(CCS(=O)(=O)[C@@H](C)c2cccs2)cc1. The van der Waals surface area contributed by atoms with Gasteiger partial charge in [-0.3, -0.25) is 0 Å². The van der Waals surface area contributed by atoms with Crippen molar-refractivity contribution in [2.24, 2.45) is 0 Å². The Morgan fingerprint density at radius 1 is 1.23 bits per heavy atom. The lowest BCUT2D eigenvalue weighted by Gasteiger charge is -2.11. The Balaban J connectivity index is 2.01. The fourth-order valence-corrected chi connectivity index (χ4v) is 4.64. The van der Waals surface area contributed by atoms with Crippen LogP contribution in [-0.4, -0.2) is 27.2 Å². The lowest BCUT2D eigenvalue weighted by molar-refractivity contribution is 0.0600. The van der Waals surface area contributed by atoms with Crippen LogP contribution in [0.15, 0.2) is 41.8 Å². The highest BCUT2D eigenvalue weighted by atomic mass is 32.2. The van der Waals surface area contributed by atoms with Gasteiger partial charge in [0.05, 0.1) is 23.7 Å². The van der Waals surface area contributed by atoms with Crippen molar-refractivity contribution >= 4 is 27.1 Å². The monoisotopic (exact) mass is 338 g/mol. The molecular formula is C16H18O4S2. The highest BCUT2D eigenvalue weighted by molar-refractivity contribution is 7.91. The van der Waals surface area contributed by atoms with Gasteiger partial charge < -0.3 is 4.74 Å². The Labute approximate surface area is 134 Å². The first-order chi connectivity index (χ1) is 10.4. The molecule has 0 aliphatic carbocycles. The first-order valence-electron chi connectivity index (χ1n) is 6.86. The molecule has 22 heavy (non-hydrogen) atoms. The van der Waals surface area contributed by atoms with Crippen LogP contribution in [0.25, 0.3) is 0 Å². The van der Waals surface area contributed by atoms with Gasteiger partial charge in [-0.1, -0.05) is 18.2 Å². The van der Waals surface area contributed by atoms with E-state index in [-0.39, 0.29) is 5.75 Å². The highest BCUT2D eigenvalue weighted by Gasteiger charge is 2.23. The number of carbonyl (C=O) groups is 1. The fraction of sp³-hybridized carbons (Fsp3) is 0.312. The number of thiophene rings is 1. The maximum atomic E-state index is 12.4. The predicted molar refractivity (Wildman–Crippen MR) is 88.0 cm³/mol. The summed E-state index contributed by atoms with van der Waals surface area (Å²) >= 11 is 1.46. The van der Waals surface area contributed by atoms with Gasteiger partial charge in [-0.2, -0.15) is 0 Å². The number of rotatable bonds is 6. The van der Waals surface area contributed by atoms with E-state index in [1.807, 2.05) is 17.5 Å². The number of benzene rings is 1. The van der Waals surface area contributed by atoms with Gasteiger partial charge in [-0.15, -0.1) is 11.3 Å². The molecule has 0 fully saturated rings. The molecule has 0 bridgehead atoms. The Kier molecular flexibility index (Phi) is 5.37. The van der Waals surface area contributed by atoms with Crippen LogP contribution in [-0.2, 0) is 21.0 Å². The van der Waals surface area contributed by atoms with E-state index < -0.39 is 21.1 Å². The number of sulfone groups is 1. The van der Waals surface area contributed by atoms with Crippen molar-refractivity contribution in [1.29, 1.82) is 0 Å². The molecule has 1 heterocycles. The van der Waals surface area contributed by atoms with Gasteiger partial charge >= 0.3 is 5.97 Å². The normalized spacial score (nSPS) is 12.8. The van der Waals surface area contributed by atoms with Crippen LogP contribution in [0.4, 0.5) is 0 Å². The number of methoxy groups -OCH3 is 1. The molecule has 0 unspecified atom stereocenters. The van der Waals surface area contributed by atoms with E-state index in [4.69, 9.17) is 0 Å². The second-order valence-electron chi connectivity index (χ2n) is 4.96. The first kappa shape index (κ1) is 16.7. The van der Waals surface area contributed by atoms with E-state index in [2.05, 4.69) is 4.74 Å². The molecule has 0 aliphatic rings. The topological polar surface area (TPSA) is 60.4 Å². The third kappa shape index (κ3) is 3.96. The summed E-state index contributed by atoms with van der Waals surface area (Å²) in [5.74, 6) is -0.311. The quantitative estimate of drug-likeness (QED) is 0.759. The van der Waals surface area contributed by atoms with Crippen molar-refractivity contribution in [2.75, 3.05) is 12.9 Å². The Morgan fingerprint density at radius 2 is 1.91 bits per heavy atom. The number of hydrogen-bond donors (Lipinski definition) is 0. The van der Waals surface area contributed by atoms with E-state index in [1.54, 1.807) is 31.2 Å². The molecule has 6 heteroatoms. The lowest BCUT2D eigenvalue weighted by atomic mass is 10.1. The van der Waals surface area contributed by atoms with Gasteiger partial charge in [0.1, 0.15) is 0 Å². The third-order valence-corrected chi connectivity index (χ3v) is 6.84. The number of aryl methyl sites for hydroxylation is 1. The molecule has 118 valence electrons. The molecule has 0 N–H and O–H groups in total. The molecular weight excluding hydrogens is 320 g/mol. The van der Waals surface area contributed by atoms with Gasteiger partial charge in [0.2, 0.25) is 0 Å². The van der Waals surface area contributed by atoms with Crippen LogP contribution in [0.5, 0.6) is 0 Å². The number of ether oxygens (including phenoxy) is 1. The summed E-state index contributed by atoms with van der Waals surface area (Å²) in [5.41, 5.74) is 1.34. The largest absolute Gasteiger partial charge is 0.465 e. The predicted octanol–water partition coefficient (Wildman–Crippen LogP) is 3.25. The van der Waals surface area contributed by atoms with Crippen LogP contribution >= 0.6 is 11.3 Å². The van der Waals surface area contributed by atoms with Gasteiger partial charge in [0, 0.05) is 4.88 Å². The van der Waals surface area contributed by atoms with Crippen LogP contribution in [0.2, 0.25) is 0 Å². The third-order valence-electron chi connectivity index (χ3n) is 3.53. The van der Waals surface area contributed by atoms with E-state index in [0.717, 1.165) is 10.4 Å². The van der Waals surface area contributed by atoms with Crippen molar-refractivity contribution in [3.63, 3.8) is 0 Å². The summed E-state index contributed by atoms with van der Waals surface area (Å²) in [6.45, 7) is 1.72. The molecule has 2 rings (SSSR count). The Hall–Kier alpha value is -1.66. The average molecular weight is 338 g/mol. The number of esters is 1. The standard InChI is InChI=1S/C16H18O4S2/c1-12(15-4-3-10-21-15)22(18,19)11-9-13-5-7-14(8-6-13)16(17)20-2/h3-8,10,12H,9,11H2,1-2H3/t12-/m0/s1. The summed E-state index contributed by atoms with van der Waals surface area (Å²) < 4.78 is 29.3. The van der Waals surface area contributed by atoms with Gasteiger partial charge in [0.25, 0.3) is 0 Å². The van der Waals surface area contributed by atoms with Crippen molar-refractivity contribution in [2.45, 2.75) is 18.6 Å². The van der Waals surface area contributed by atoms with E-state index >= 15 is 0 Å². The number of hydrogen-bond acceptors (Lipinski definition) is 5. The van der Waals surface area contributed by atoms with Gasteiger partial charge in [-0.05, 0) is 42.5 Å². The van der Waals surface area contributed by atoms with Gasteiger partial charge in [-0.25, -0.2) is 13.2 Å². The van der Waals surface area contributed by atoms with Crippen molar-refractivity contribution in [3.8, 4) is 0 Å². The highest BCUT2D eigenvalue weighted by Crippen LogP contribution is 2.27. The van der Waals surface area contributed by atoms with Crippen LogP contribution < -0.4 is 0 Å². The molecule has 4 nitrogen and oxygen atoms in total. The second-order valence-corrected chi connectivity index (χ2v) is 8.38. The molecule has 1 aromatic heterocycles. The van der Waals surface area contributed by atoms with Crippen LogP contribution in [0, 0.1) is 0 Å².